The van der Waals surface area contributed by atoms with Crippen molar-refractivity contribution < 1.29 is 0 Å². The fraction of sp³-hybridized carbons (Fsp3) is 1.00. The zero-order valence-electron chi connectivity index (χ0n) is 9.64. The van der Waals surface area contributed by atoms with Gasteiger partial charge >= 0.3 is 0 Å². The minimum atomic E-state index is 0.403. The lowest BCUT2D eigenvalue weighted by atomic mass is 9.98. The average molecular weight is 184 g/mol. The standard InChI is InChI=1S/C11H24N2/c1-5-11(3,4)13-9-7-12(6-2)8-10-13/h5-10H2,1-4H3. The van der Waals surface area contributed by atoms with Gasteiger partial charge in [0.15, 0.2) is 0 Å². The summed E-state index contributed by atoms with van der Waals surface area (Å²) in [4.78, 5) is 5.15. The summed E-state index contributed by atoms with van der Waals surface area (Å²) in [5.74, 6) is 0. The Kier molecular flexibility index (Phi) is 3.74. The van der Waals surface area contributed by atoms with E-state index in [0.717, 1.165) is 0 Å². The molecule has 1 heterocycles. The first kappa shape index (κ1) is 11.0. The van der Waals surface area contributed by atoms with Gasteiger partial charge < -0.3 is 4.90 Å². The van der Waals surface area contributed by atoms with Gasteiger partial charge in [-0.25, -0.2) is 0 Å². The van der Waals surface area contributed by atoms with E-state index in [2.05, 4.69) is 37.5 Å². The van der Waals surface area contributed by atoms with E-state index in [0.29, 0.717) is 5.54 Å². The quantitative estimate of drug-likeness (QED) is 0.660. The minimum absolute atomic E-state index is 0.403. The third kappa shape index (κ3) is 2.68. The molecule has 1 saturated heterocycles. The predicted octanol–water partition coefficient (Wildman–Crippen LogP) is 1.81. The lowest BCUT2D eigenvalue weighted by molar-refractivity contribution is 0.0521. The highest BCUT2D eigenvalue weighted by Gasteiger charge is 2.27. The van der Waals surface area contributed by atoms with Gasteiger partial charge in [-0.3, -0.25) is 4.90 Å². The molecule has 1 fully saturated rings. The molecule has 0 bridgehead atoms. The summed E-state index contributed by atoms with van der Waals surface area (Å²) in [6.45, 7) is 15.4. The van der Waals surface area contributed by atoms with Crippen molar-refractivity contribution >= 4 is 0 Å². The van der Waals surface area contributed by atoms with Crippen molar-refractivity contribution in [2.45, 2.75) is 39.7 Å². The van der Waals surface area contributed by atoms with Crippen LogP contribution in [0.25, 0.3) is 0 Å². The van der Waals surface area contributed by atoms with Crippen molar-refractivity contribution in [3.8, 4) is 0 Å². The third-order valence-electron chi connectivity index (χ3n) is 3.54. The highest BCUT2D eigenvalue weighted by atomic mass is 15.3. The van der Waals surface area contributed by atoms with E-state index in [4.69, 9.17) is 0 Å². The first-order valence-electron chi connectivity index (χ1n) is 5.57. The second kappa shape index (κ2) is 4.43. The Balaban J connectivity index is 2.40. The van der Waals surface area contributed by atoms with Crippen LogP contribution in [0.1, 0.15) is 34.1 Å². The zero-order valence-corrected chi connectivity index (χ0v) is 9.64. The van der Waals surface area contributed by atoms with Crippen molar-refractivity contribution in [3.05, 3.63) is 0 Å². The van der Waals surface area contributed by atoms with Gasteiger partial charge in [-0.2, -0.15) is 0 Å². The van der Waals surface area contributed by atoms with Crippen molar-refractivity contribution in [1.82, 2.24) is 9.80 Å². The van der Waals surface area contributed by atoms with Crippen LogP contribution in [0.5, 0.6) is 0 Å². The molecular formula is C11H24N2. The van der Waals surface area contributed by atoms with Crippen molar-refractivity contribution in [2.75, 3.05) is 32.7 Å². The predicted molar refractivity (Wildman–Crippen MR) is 58.1 cm³/mol. The topological polar surface area (TPSA) is 6.48 Å². The Hall–Kier alpha value is -0.0800. The van der Waals surface area contributed by atoms with Gasteiger partial charge in [-0.15, -0.1) is 0 Å². The Morgan fingerprint density at radius 1 is 1.00 bits per heavy atom. The van der Waals surface area contributed by atoms with Crippen molar-refractivity contribution in [3.63, 3.8) is 0 Å². The maximum atomic E-state index is 2.62. The van der Waals surface area contributed by atoms with Gasteiger partial charge in [0.1, 0.15) is 0 Å². The van der Waals surface area contributed by atoms with E-state index < -0.39 is 0 Å². The molecule has 78 valence electrons. The number of piperazine rings is 1. The highest BCUT2D eigenvalue weighted by molar-refractivity contribution is 4.84. The molecule has 2 nitrogen and oxygen atoms in total. The van der Waals surface area contributed by atoms with Crippen molar-refractivity contribution in [2.24, 2.45) is 0 Å². The molecule has 0 amide bonds. The number of rotatable bonds is 3. The molecule has 1 aliphatic rings. The number of nitrogens with zero attached hydrogens (tertiary/aromatic N) is 2. The molecule has 2 heteroatoms. The number of likely N-dealkylation sites (N-methyl/N-ethyl adjacent to an activating group) is 1. The Morgan fingerprint density at radius 2 is 1.54 bits per heavy atom. The van der Waals surface area contributed by atoms with Gasteiger partial charge in [0.25, 0.3) is 0 Å². The summed E-state index contributed by atoms with van der Waals surface area (Å²) in [5, 5.41) is 0. The molecule has 13 heavy (non-hydrogen) atoms. The first-order chi connectivity index (χ1) is 6.10. The third-order valence-corrected chi connectivity index (χ3v) is 3.54. The maximum Gasteiger partial charge on any atom is 0.0151 e. The van der Waals surface area contributed by atoms with E-state index in [1.165, 1.54) is 39.1 Å². The fourth-order valence-electron chi connectivity index (χ4n) is 1.89. The van der Waals surface area contributed by atoms with Crippen LogP contribution >= 0.6 is 0 Å². The highest BCUT2D eigenvalue weighted by Crippen LogP contribution is 2.19. The van der Waals surface area contributed by atoms with E-state index in [1.54, 1.807) is 0 Å². The number of hydrogen-bond donors (Lipinski definition) is 0. The second-order valence-electron chi connectivity index (χ2n) is 4.59. The lowest BCUT2D eigenvalue weighted by Crippen LogP contribution is -2.54. The fourth-order valence-corrected chi connectivity index (χ4v) is 1.89. The van der Waals surface area contributed by atoms with Gasteiger partial charge in [0.05, 0.1) is 0 Å². The largest absolute Gasteiger partial charge is 0.301 e. The molecule has 0 N–H and O–H groups in total. The average Bonchev–Trinajstić information content (AvgIpc) is 2.18. The van der Waals surface area contributed by atoms with E-state index in [9.17, 15) is 0 Å². The summed E-state index contributed by atoms with van der Waals surface area (Å²) in [5.41, 5.74) is 0.403. The lowest BCUT2D eigenvalue weighted by Gasteiger charge is -2.43. The van der Waals surface area contributed by atoms with E-state index >= 15 is 0 Å². The van der Waals surface area contributed by atoms with Crippen LogP contribution < -0.4 is 0 Å². The SMILES string of the molecule is CCN1CCN(C(C)(C)CC)CC1. The molecule has 0 atom stereocenters. The second-order valence-corrected chi connectivity index (χ2v) is 4.59. The summed E-state index contributed by atoms with van der Waals surface area (Å²) >= 11 is 0. The van der Waals surface area contributed by atoms with Crippen LogP contribution in [0.15, 0.2) is 0 Å². The molecule has 0 radical (unpaired) electrons. The number of hydrogen-bond acceptors (Lipinski definition) is 2. The van der Waals surface area contributed by atoms with Crippen LogP contribution in [-0.2, 0) is 0 Å². The molecule has 1 rings (SSSR count). The molecule has 0 aromatic carbocycles. The monoisotopic (exact) mass is 184 g/mol. The smallest absolute Gasteiger partial charge is 0.0151 e. The van der Waals surface area contributed by atoms with Gasteiger partial charge in [0.2, 0.25) is 0 Å². The summed E-state index contributed by atoms with van der Waals surface area (Å²) in [6, 6.07) is 0. The zero-order chi connectivity index (χ0) is 9.90. The molecule has 0 saturated carbocycles. The Bertz CT molecular complexity index is 146. The normalized spacial score (nSPS) is 22.2. The Labute approximate surface area is 82.9 Å². The molecule has 0 aromatic rings. The van der Waals surface area contributed by atoms with Crippen molar-refractivity contribution in [1.29, 1.82) is 0 Å². The van der Waals surface area contributed by atoms with Crippen LogP contribution in [0.3, 0.4) is 0 Å². The van der Waals surface area contributed by atoms with E-state index in [-0.39, 0.29) is 0 Å². The minimum Gasteiger partial charge on any atom is -0.301 e. The van der Waals surface area contributed by atoms with Gasteiger partial charge in [0, 0.05) is 31.7 Å². The van der Waals surface area contributed by atoms with Crippen LogP contribution in [0, 0.1) is 0 Å². The summed E-state index contributed by atoms with van der Waals surface area (Å²) in [6.07, 6.45) is 1.25. The molecule has 1 aliphatic heterocycles. The first-order valence-corrected chi connectivity index (χ1v) is 5.57. The maximum absolute atomic E-state index is 2.62. The van der Waals surface area contributed by atoms with Crippen LogP contribution in [0.2, 0.25) is 0 Å². The molecule has 0 aromatic heterocycles. The molecule has 0 aliphatic carbocycles. The summed E-state index contributed by atoms with van der Waals surface area (Å²) < 4.78 is 0. The van der Waals surface area contributed by atoms with Gasteiger partial charge in [-0.05, 0) is 26.8 Å². The molecule has 0 unspecified atom stereocenters. The Morgan fingerprint density at radius 3 is 1.92 bits per heavy atom. The molecular weight excluding hydrogens is 160 g/mol. The van der Waals surface area contributed by atoms with Crippen LogP contribution in [0.4, 0.5) is 0 Å². The molecule has 0 spiro atoms. The van der Waals surface area contributed by atoms with E-state index in [1.807, 2.05) is 0 Å². The summed E-state index contributed by atoms with van der Waals surface area (Å²) in [7, 11) is 0. The van der Waals surface area contributed by atoms with Crippen LogP contribution in [-0.4, -0.2) is 48.1 Å². The van der Waals surface area contributed by atoms with Gasteiger partial charge in [-0.1, -0.05) is 13.8 Å².